The molecular weight excluding hydrogens is 278 g/mol. The van der Waals surface area contributed by atoms with Gasteiger partial charge in [0.25, 0.3) is 10.2 Å². The molecule has 0 saturated carbocycles. The Morgan fingerprint density at radius 1 is 1.20 bits per heavy atom. The van der Waals surface area contributed by atoms with Crippen molar-refractivity contribution in [1.29, 1.82) is 0 Å². The van der Waals surface area contributed by atoms with E-state index in [0.29, 0.717) is 38.8 Å². The predicted octanol–water partition coefficient (Wildman–Crippen LogP) is 0.569. The van der Waals surface area contributed by atoms with E-state index in [1.165, 1.54) is 0 Å². The van der Waals surface area contributed by atoms with Gasteiger partial charge in [-0.05, 0) is 45.2 Å². The van der Waals surface area contributed by atoms with Gasteiger partial charge in [0.2, 0.25) is 0 Å². The zero-order chi connectivity index (χ0) is 14.8. The summed E-state index contributed by atoms with van der Waals surface area (Å²) in [5, 5.41) is 3.41. The highest BCUT2D eigenvalue weighted by Gasteiger charge is 2.27. The number of rotatable bonds is 10. The van der Waals surface area contributed by atoms with E-state index in [-0.39, 0.29) is 0 Å². The van der Waals surface area contributed by atoms with Gasteiger partial charge in [-0.2, -0.15) is 17.4 Å². The van der Waals surface area contributed by atoms with E-state index in [4.69, 9.17) is 4.74 Å². The first-order chi connectivity index (χ1) is 9.60. The molecule has 0 aromatic heterocycles. The summed E-state index contributed by atoms with van der Waals surface area (Å²) in [7, 11) is -3.33. The predicted molar refractivity (Wildman–Crippen MR) is 80.9 cm³/mol. The molecule has 0 amide bonds. The standard InChI is InChI=1S/C13H29N3O3S/c1-3-7-14-12-13-5-9-16(10-6-13)20(17,18)15-8-11-19-4-2/h13-15H,3-12H2,1-2H3. The highest BCUT2D eigenvalue weighted by atomic mass is 32.2. The smallest absolute Gasteiger partial charge is 0.279 e. The number of hydrogen-bond donors (Lipinski definition) is 2. The molecular formula is C13H29N3O3S. The summed E-state index contributed by atoms with van der Waals surface area (Å²) in [5.41, 5.74) is 0. The summed E-state index contributed by atoms with van der Waals surface area (Å²) in [6, 6.07) is 0. The van der Waals surface area contributed by atoms with Crippen LogP contribution in [0.25, 0.3) is 0 Å². The molecule has 0 aromatic rings. The van der Waals surface area contributed by atoms with Crippen molar-refractivity contribution in [2.75, 3.05) is 45.9 Å². The largest absolute Gasteiger partial charge is 0.380 e. The minimum Gasteiger partial charge on any atom is -0.380 e. The van der Waals surface area contributed by atoms with E-state index < -0.39 is 10.2 Å². The monoisotopic (exact) mass is 307 g/mol. The fourth-order valence-corrected chi connectivity index (χ4v) is 3.53. The zero-order valence-electron chi connectivity index (χ0n) is 12.7. The second-order valence-electron chi connectivity index (χ2n) is 5.14. The summed E-state index contributed by atoms with van der Waals surface area (Å²) in [5.74, 6) is 0.594. The average molecular weight is 307 g/mol. The molecule has 6 nitrogen and oxygen atoms in total. The fourth-order valence-electron chi connectivity index (χ4n) is 2.32. The van der Waals surface area contributed by atoms with Gasteiger partial charge in [0, 0.05) is 26.2 Å². The molecule has 1 aliphatic rings. The van der Waals surface area contributed by atoms with Crippen molar-refractivity contribution in [1.82, 2.24) is 14.3 Å². The van der Waals surface area contributed by atoms with Crippen molar-refractivity contribution in [3.8, 4) is 0 Å². The number of nitrogens with zero attached hydrogens (tertiary/aromatic N) is 1. The first-order valence-electron chi connectivity index (χ1n) is 7.63. The van der Waals surface area contributed by atoms with Crippen LogP contribution in [-0.2, 0) is 14.9 Å². The van der Waals surface area contributed by atoms with E-state index in [0.717, 1.165) is 32.4 Å². The molecule has 0 aliphatic carbocycles. The third-order valence-electron chi connectivity index (χ3n) is 3.51. The number of hydrogen-bond acceptors (Lipinski definition) is 4. The summed E-state index contributed by atoms with van der Waals surface area (Å²) >= 11 is 0. The molecule has 7 heteroatoms. The van der Waals surface area contributed by atoms with Gasteiger partial charge in [-0.1, -0.05) is 6.92 Å². The molecule has 1 saturated heterocycles. The minimum absolute atomic E-state index is 0.341. The lowest BCUT2D eigenvalue weighted by molar-refractivity contribution is 0.152. The maximum absolute atomic E-state index is 12.1. The normalized spacial score (nSPS) is 18.5. The SMILES string of the molecule is CCCNCC1CCN(S(=O)(=O)NCCOCC)CC1. The molecule has 20 heavy (non-hydrogen) atoms. The van der Waals surface area contributed by atoms with Gasteiger partial charge in [-0.15, -0.1) is 0 Å². The Morgan fingerprint density at radius 3 is 2.50 bits per heavy atom. The summed E-state index contributed by atoms with van der Waals surface area (Å²) in [4.78, 5) is 0. The van der Waals surface area contributed by atoms with Crippen LogP contribution in [0.5, 0.6) is 0 Å². The van der Waals surface area contributed by atoms with Gasteiger partial charge in [0.1, 0.15) is 0 Å². The van der Waals surface area contributed by atoms with Crippen molar-refractivity contribution in [3.63, 3.8) is 0 Å². The van der Waals surface area contributed by atoms with Crippen LogP contribution in [0.3, 0.4) is 0 Å². The number of nitrogens with one attached hydrogen (secondary N) is 2. The second kappa shape index (κ2) is 9.68. The Morgan fingerprint density at radius 2 is 1.90 bits per heavy atom. The summed E-state index contributed by atoms with van der Waals surface area (Å²) in [6.07, 6.45) is 3.00. The highest BCUT2D eigenvalue weighted by Crippen LogP contribution is 2.18. The van der Waals surface area contributed by atoms with Gasteiger partial charge in [0.15, 0.2) is 0 Å². The van der Waals surface area contributed by atoms with Crippen LogP contribution >= 0.6 is 0 Å². The lowest BCUT2D eigenvalue weighted by Crippen LogP contribution is -2.46. The Hall–Kier alpha value is -0.210. The van der Waals surface area contributed by atoms with Crippen molar-refractivity contribution in [3.05, 3.63) is 0 Å². The van der Waals surface area contributed by atoms with Gasteiger partial charge in [0.05, 0.1) is 6.61 Å². The zero-order valence-corrected chi connectivity index (χ0v) is 13.5. The molecule has 1 rings (SSSR count). The van der Waals surface area contributed by atoms with E-state index in [2.05, 4.69) is 17.0 Å². The van der Waals surface area contributed by atoms with E-state index >= 15 is 0 Å². The Balaban J connectivity index is 2.25. The first-order valence-corrected chi connectivity index (χ1v) is 9.07. The summed E-state index contributed by atoms with van der Waals surface area (Å²) in [6.45, 7) is 8.68. The van der Waals surface area contributed by atoms with Gasteiger partial charge >= 0.3 is 0 Å². The molecule has 0 bridgehead atoms. The van der Waals surface area contributed by atoms with Crippen LogP contribution in [0.2, 0.25) is 0 Å². The Kier molecular flexibility index (Phi) is 8.63. The van der Waals surface area contributed by atoms with Crippen molar-refractivity contribution >= 4 is 10.2 Å². The van der Waals surface area contributed by atoms with Crippen LogP contribution in [0, 0.1) is 5.92 Å². The van der Waals surface area contributed by atoms with Crippen LogP contribution in [0.15, 0.2) is 0 Å². The first kappa shape index (κ1) is 17.8. The molecule has 0 unspecified atom stereocenters. The maximum atomic E-state index is 12.1. The van der Waals surface area contributed by atoms with Crippen LogP contribution in [-0.4, -0.2) is 58.7 Å². The molecule has 1 fully saturated rings. The molecule has 0 aromatic carbocycles. The Labute approximate surface area is 123 Å². The van der Waals surface area contributed by atoms with Crippen molar-refractivity contribution < 1.29 is 13.2 Å². The van der Waals surface area contributed by atoms with E-state index in [1.54, 1.807) is 4.31 Å². The van der Waals surface area contributed by atoms with E-state index in [1.807, 2.05) is 6.92 Å². The van der Waals surface area contributed by atoms with Crippen molar-refractivity contribution in [2.24, 2.45) is 5.92 Å². The van der Waals surface area contributed by atoms with E-state index in [9.17, 15) is 8.42 Å². The van der Waals surface area contributed by atoms with Gasteiger partial charge < -0.3 is 10.1 Å². The van der Waals surface area contributed by atoms with Crippen LogP contribution in [0.1, 0.15) is 33.1 Å². The van der Waals surface area contributed by atoms with Crippen LogP contribution in [0.4, 0.5) is 0 Å². The average Bonchev–Trinajstić information content (AvgIpc) is 2.45. The second-order valence-corrected chi connectivity index (χ2v) is 6.90. The molecule has 0 radical (unpaired) electrons. The molecule has 1 aliphatic heterocycles. The third-order valence-corrected chi connectivity index (χ3v) is 5.12. The number of ether oxygens (including phenoxy) is 1. The molecule has 0 spiro atoms. The maximum Gasteiger partial charge on any atom is 0.279 e. The van der Waals surface area contributed by atoms with Gasteiger partial charge in [-0.3, -0.25) is 0 Å². The molecule has 120 valence electrons. The quantitative estimate of drug-likeness (QED) is 0.579. The molecule has 2 N–H and O–H groups in total. The fraction of sp³-hybridized carbons (Fsp3) is 1.00. The van der Waals surface area contributed by atoms with Crippen LogP contribution < -0.4 is 10.0 Å². The molecule has 0 atom stereocenters. The minimum atomic E-state index is -3.33. The molecule has 1 heterocycles. The lowest BCUT2D eigenvalue weighted by Gasteiger charge is -2.31. The third kappa shape index (κ3) is 6.49. The Bertz CT molecular complexity index is 341. The lowest BCUT2D eigenvalue weighted by atomic mass is 9.98. The highest BCUT2D eigenvalue weighted by molar-refractivity contribution is 7.87. The topological polar surface area (TPSA) is 70.7 Å². The van der Waals surface area contributed by atoms with Gasteiger partial charge in [-0.25, -0.2) is 0 Å². The number of piperidine rings is 1. The van der Waals surface area contributed by atoms with Crippen molar-refractivity contribution in [2.45, 2.75) is 33.1 Å². The summed E-state index contributed by atoms with van der Waals surface area (Å²) < 4.78 is 33.4.